The fourth-order valence-corrected chi connectivity index (χ4v) is 2.25. The topological polar surface area (TPSA) is 79.4 Å². The summed E-state index contributed by atoms with van der Waals surface area (Å²) in [6.07, 6.45) is 2.95. The minimum absolute atomic E-state index is 0.691. The first-order chi connectivity index (χ1) is 7.31. The number of hydrogen-bond acceptors (Lipinski definition) is 6. The molecule has 78 valence electrons. The second-order valence-corrected chi connectivity index (χ2v) is 4.25. The van der Waals surface area contributed by atoms with Gasteiger partial charge in [-0.2, -0.15) is 5.10 Å². The van der Waals surface area contributed by atoms with E-state index in [1.807, 2.05) is 0 Å². The summed E-state index contributed by atoms with van der Waals surface area (Å²) in [4.78, 5) is 12.2. The lowest BCUT2D eigenvalue weighted by Gasteiger charge is -2.04. The lowest BCUT2D eigenvalue weighted by molar-refractivity contribution is 0.959. The molecule has 15 heavy (non-hydrogen) atoms. The fraction of sp³-hybridized carbons (Fsp3) is 0.143. The lowest BCUT2D eigenvalue weighted by atomic mass is 10.6. The highest BCUT2D eigenvalue weighted by atomic mass is 79.9. The molecule has 6 nitrogen and oxygen atoms in total. The average Bonchev–Trinajstić information content (AvgIpc) is 2.74. The highest BCUT2D eigenvalue weighted by Crippen LogP contribution is 2.32. The van der Waals surface area contributed by atoms with Crippen molar-refractivity contribution >= 4 is 33.5 Å². The molecule has 0 aliphatic heterocycles. The summed E-state index contributed by atoms with van der Waals surface area (Å²) in [5, 5.41) is 10.9. The first kappa shape index (κ1) is 10.4. The van der Waals surface area contributed by atoms with Crippen molar-refractivity contribution in [1.29, 1.82) is 0 Å². The van der Waals surface area contributed by atoms with Crippen molar-refractivity contribution in [2.75, 3.05) is 12.4 Å². The summed E-state index contributed by atoms with van der Waals surface area (Å²) in [7, 11) is 1.80. The third kappa shape index (κ3) is 2.26. The quantitative estimate of drug-likeness (QED) is 0.834. The Morgan fingerprint density at radius 2 is 2.20 bits per heavy atom. The smallest absolute Gasteiger partial charge is 0.189 e. The highest BCUT2D eigenvalue weighted by Gasteiger charge is 2.10. The van der Waals surface area contributed by atoms with Gasteiger partial charge >= 0.3 is 0 Å². The number of nitrogens with one attached hydrogen (secondary N) is 2. The molecule has 0 fully saturated rings. The first-order valence-electron chi connectivity index (χ1n) is 4.02. The SMILES string of the molecule is CNc1ncnc(Sc2ncn[nH]2)c1Br. The number of hydrogen-bond donors (Lipinski definition) is 2. The van der Waals surface area contributed by atoms with E-state index in [4.69, 9.17) is 0 Å². The fourth-order valence-electron chi connectivity index (χ4n) is 0.934. The molecule has 0 atom stereocenters. The van der Waals surface area contributed by atoms with Crippen LogP contribution in [0.1, 0.15) is 0 Å². The van der Waals surface area contributed by atoms with E-state index in [0.29, 0.717) is 5.16 Å². The van der Waals surface area contributed by atoms with Gasteiger partial charge in [-0.3, -0.25) is 5.10 Å². The third-order valence-corrected chi connectivity index (χ3v) is 3.49. The summed E-state index contributed by atoms with van der Waals surface area (Å²) in [5.41, 5.74) is 0. The minimum Gasteiger partial charge on any atom is -0.372 e. The predicted molar refractivity (Wildman–Crippen MR) is 59.8 cm³/mol. The van der Waals surface area contributed by atoms with E-state index in [0.717, 1.165) is 15.3 Å². The minimum atomic E-state index is 0.691. The molecule has 2 heterocycles. The normalized spacial score (nSPS) is 10.3. The summed E-state index contributed by atoms with van der Waals surface area (Å²) in [6.45, 7) is 0. The van der Waals surface area contributed by atoms with E-state index in [-0.39, 0.29) is 0 Å². The Bertz CT molecular complexity index is 445. The Balaban J connectivity index is 2.29. The summed E-state index contributed by atoms with van der Waals surface area (Å²) < 4.78 is 0.814. The van der Waals surface area contributed by atoms with E-state index >= 15 is 0 Å². The zero-order valence-electron chi connectivity index (χ0n) is 7.73. The van der Waals surface area contributed by atoms with Gasteiger partial charge in [0.05, 0.1) is 4.47 Å². The molecular weight excluding hydrogens is 280 g/mol. The molecule has 0 spiro atoms. The number of halogens is 1. The molecule has 2 aromatic heterocycles. The van der Waals surface area contributed by atoms with E-state index in [1.165, 1.54) is 24.4 Å². The lowest BCUT2D eigenvalue weighted by Crippen LogP contribution is -1.96. The molecular formula is C7H7BrN6S. The van der Waals surface area contributed by atoms with Crippen molar-refractivity contribution in [2.45, 2.75) is 10.2 Å². The van der Waals surface area contributed by atoms with E-state index in [9.17, 15) is 0 Å². The van der Waals surface area contributed by atoms with Crippen LogP contribution in [-0.4, -0.2) is 32.2 Å². The van der Waals surface area contributed by atoms with E-state index in [2.05, 4.69) is 46.4 Å². The zero-order chi connectivity index (χ0) is 10.7. The van der Waals surface area contributed by atoms with Crippen LogP contribution in [0.2, 0.25) is 0 Å². The van der Waals surface area contributed by atoms with Gasteiger partial charge in [0.25, 0.3) is 0 Å². The Hall–Kier alpha value is -1.15. The van der Waals surface area contributed by atoms with Gasteiger partial charge in [0.15, 0.2) is 5.16 Å². The van der Waals surface area contributed by atoms with Crippen LogP contribution in [0, 0.1) is 0 Å². The van der Waals surface area contributed by atoms with Crippen LogP contribution in [0.3, 0.4) is 0 Å². The predicted octanol–water partition coefficient (Wildman–Crippen LogP) is 1.55. The standard InChI is InChI=1S/C7H7BrN6S/c1-9-5-4(8)6(11-2-10-5)15-7-12-3-13-14-7/h2-3H,1H3,(H,9,10,11)(H,12,13,14). The number of anilines is 1. The molecule has 0 amide bonds. The number of rotatable bonds is 3. The second kappa shape index (κ2) is 4.58. The van der Waals surface area contributed by atoms with Crippen molar-refractivity contribution in [3.63, 3.8) is 0 Å². The molecule has 0 aliphatic carbocycles. The first-order valence-corrected chi connectivity index (χ1v) is 5.63. The molecule has 0 unspecified atom stereocenters. The van der Waals surface area contributed by atoms with Gasteiger partial charge in [0, 0.05) is 7.05 Å². The third-order valence-electron chi connectivity index (χ3n) is 1.58. The summed E-state index contributed by atoms with van der Waals surface area (Å²) in [5.74, 6) is 0.743. The number of H-pyrrole nitrogens is 1. The molecule has 0 aliphatic rings. The van der Waals surface area contributed by atoms with Gasteiger partial charge in [-0.1, -0.05) is 0 Å². The Morgan fingerprint density at radius 1 is 1.33 bits per heavy atom. The van der Waals surface area contributed by atoms with Crippen molar-refractivity contribution in [3.8, 4) is 0 Å². The Labute approximate surface area is 98.5 Å². The van der Waals surface area contributed by atoms with Gasteiger partial charge < -0.3 is 5.32 Å². The van der Waals surface area contributed by atoms with Crippen LogP contribution in [0.4, 0.5) is 5.82 Å². The van der Waals surface area contributed by atoms with Crippen molar-refractivity contribution in [3.05, 3.63) is 17.1 Å². The molecule has 0 saturated carbocycles. The van der Waals surface area contributed by atoms with Crippen LogP contribution >= 0.6 is 27.7 Å². The van der Waals surface area contributed by atoms with Crippen LogP contribution in [-0.2, 0) is 0 Å². The van der Waals surface area contributed by atoms with Gasteiger partial charge in [0.2, 0.25) is 0 Å². The average molecular weight is 287 g/mol. The van der Waals surface area contributed by atoms with Crippen molar-refractivity contribution in [1.82, 2.24) is 25.1 Å². The van der Waals surface area contributed by atoms with Gasteiger partial charge in [0.1, 0.15) is 23.5 Å². The monoisotopic (exact) mass is 286 g/mol. The van der Waals surface area contributed by atoms with Crippen LogP contribution in [0.15, 0.2) is 27.3 Å². The molecule has 0 aromatic carbocycles. The maximum Gasteiger partial charge on any atom is 0.189 e. The molecule has 0 bridgehead atoms. The molecule has 0 radical (unpaired) electrons. The number of aromatic nitrogens is 5. The molecule has 2 N–H and O–H groups in total. The summed E-state index contributed by atoms with van der Waals surface area (Å²) >= 11 is 4.80. The second-order valence-electron chi connectivity index (χ2n) is 2.48. The van der Waals surface area contributed by atoms with E-state index in [1.54, 1.807) is 7.05 Å². The number of aromatic amines is 1. The maximum atomic E-state index is 4.14. The summed E-state index contributed by atoms with van der Waals surface area (Å²) in [6, 6.07) is 0. The molecule has 8 heteroatoms. The molecule has 2 aromatic rings. The Kier molecular flexibility index (Phi) is 3.17. The number of nitrogens with zero attached hydrogens (tertiary/aromatic N) is 4. The largest absolute Gasteiger partial charge is 0.372 e. The van der Waals surface area contributed by atoms with Crippen LogP contribution in [0.25, 0.3) is 0 Å². The Morgan fingerprint density at radius 3 is 2.87 bits per heavy atom. The van der Waals surface area contributed by atoms with Crippen LogP contribution in [0.5, 0.6) is 0 Å². The van der Waals surface area contributed by atoms with Gasteiger partial charge in [-0.05, 0) is 27.7 Å². The van der Waals surface area contributed by atoms with Crippen molar-refractivity contribution < 1.29 is 0 Å². The highest BCUT2D eigenvalue weighted by molar-refractivity contribution is 9.10. The van der Waals surface area contributed by atoms with E-state index < -0.39 is 0 Å². The zero-order valence-corrected chi connectivity index (χ0v) is 10.1. The molecule has 2 rings (SSSR count). The van der Waals surface area contributed by atoms with Crippen LogP contribution < -0.4 is 5.32 Å². The molecule has 0 saturated heterocycles. The maximum absolute atomic E-state index is 4.14. The van der Waals surface area contributed by atoms with Gasteiger partial charge in [-0.15, -0.1) is 0 Å². The van der Waals surface area contributed by atoms with Crippen molar-refractivity contribution in [2.24, 2.45) is 0 Å². The van der Waals surface area contributed by atoms with Gasteiger partial charge in [-0.25, -0.2) is 15.0 Å².